The van der Waals surface area contributed by atoms with Crippen LogP contribution in [0.3, 0.4) is 0 Å². The number of likely N-dealkylation sites (N-methyl/N-ethyl adjacent to an activating group) is 1. The van der Waals surface area contributed by atoms with Crippen LogP contribution in [-0.4, -0.2) is 47.2 Å². The van der Waals surface area contributed by atoms with Gasteiger partial charge in [-0.1, -0.05) is 6.42 Å². The van der Waals surface area contributed by atoms with Gasteiger partial charge in [0.15, 0.2) is 0 Å². The first-order valence-electron chi connectivity index (χ1n) is 6.58. The fraction of sp³-hybridized carbons (Fsp3) is 0.500. The van der Waals surface area contributed by atoms with Gasteiger partial charge < -0.3 is 20.4 Å². The predicted octanol–water partition coefficient (Wildman–Crippen LogP) is 1.31. The van der Waals surface area contributed by atoms with Crippen molar-refractivity contribution in [1.29, 1.82) is 0 Å². The fourth-order valence-corrected chi connectivity index (χ4v) is 2.43. The number of aromatic hydroxyl groups is 2. The topological polar surface area (TPSA) is 72.8 Å². The summed E-state index contributed by atoms with van der Waals surface area (Å²) in [6, 6.07) is 4.27. The highest BCUT2D eigenvalue weighted by Gasteiger charge is 2.19. The van der Waals surface area contributed by atoms with Crippen molar-refractivity contribution in [3.63, 3.8) is 0 Å². The van der Waals surface area contributed by atoms with E-state index in [-0.39, 0.29) is 17.4 Å². The van der Waals surface area contributed by atoms with Gasteiger partial charge in [0.25, 0.3) is 5.91 Å². The van der Waals surface area contributed by atoms with Gasteiger partial charge in [0.2, 0.25) is 0 Å². The van der Waals surface area contributed by atoms with Crippen molar-refractivity contribution >= 4 is 5.91 Å². The molecule has 0 aliphatic carbocycles. The van der Waals surface area contributed by atoms with E-state index in [0.717, 1.165) is 13.0 Å². The van der Waals surface area contributed by atoms with E-state index < -0.39 is 0 Å². The van der Waals surface area contributed by atoms with Gasteiger partial charge in [0.1, 0.15) is 11.5 Å². The van der Waals surface area contributed by atoms with Crippen molar-refractivity contribution in [3.05, 3.63) is 23.8 Å². The summed E-state index contributed by atoms with van der Waals surface area (Å²) in [5.41, 5.74) is 0.302. The zero-order chi connectivity index (χ0) is 13.8. The van der Waals surface area contributed by atoms with Crippen molar-refractivity contribution in [2.45, 2.75) is 25.3 Å². The second kappa shape index (κ2) is 5.93. The predicted molar refractivity (Wildman–Crippen MR) is 72.4 cm³/mol. The van der Waals surface area contributed by atoms with Crippen molar-refractivity contribution < 1.29 is 15.0 Å². The molecular formula is C14H20N2O3. The Hall–Kier alpha value is -1.75. The lowest BCUT2D eigenvalue weighted by Crippen LogP contribution is -2.44. The molecule has 1 unspecified atom stereocenters. The summed E-state index contributed by atoms with van der Waals surface area (Å²) in [4.78, 5) is 13.8. The average Bonchev–Trinajstić information content (AvgIpc) is 2.37. The molecule has 1 aromatic carbocycles. The summed E-state index contributed by atoms with van der Waals surface area (Å²) in [5, 5.41) is 22.2. The smallest absolute Gasteiger partial charge is 0.253 e. The van der Waals surface area contributed by atoms with E-state index >= 15 is 0 Å². The Kier molecular flexibility index (Phi) is 4.27. The zero-order valence-corrected chi connectivity index (χ0v) is 11.1. The Morgan fingerprint density at radius 1 is 1.32 bits per heavy atom. The van der Waals surface area contributed by atoms with Crippen LogP contribution in [-0.2, 0) is 0 Å². The molecule has 1 aromatic rings. The minimum atomic E-state index is -0.196. The molecule has 1 saturated heterocycles. The SMILES string of the molecule is CN(CC1CCCCN1)C(=O)c1cc(O)cc(O)c1. The summed E-state index contributed by atoms with van der Waals surface area (Å²) < 4.78 is 0. The molecule has 1 heterocycles. The number of benzene rings is 1. The number of carbonyl (C=O) groups excluding carboxylic acids is 1. The van der Waals surface area contributed by atoms with E-state index in [1.165, 1.54) is 31.0 Å². The monoisotopic (exact) mass is 264 g/mol. The third-order valence-electron chi connectivity index (χ3n) is 3.40. The standard InChI is InChI=1S/C14H20N2O3/c1-16(9-11-4-2-3-5-15-11)14(19)10-6-12(17)8-13(18)7-10/h6-8,11,15,17-18H,2-5,9H2,1H3. The molecule has 5 heteroatoms. The number of nitrogens with zero attached hydrogens (tertiary/aromatic N) is 1. The van der Waals surface area contributed by atoms with Gasteiger partial charge in [-0.3, -0.25) is 4.79 Å². The summed E-state index contributed by atoms with van der Waals surface area (Å²) in [5.74, 6) is -0.404. The maximum atomic E-state index is 12.2. The summed E-state index contributed by atoms with van der Waals surface area (Å²) in [6.45, 7) is 1.63. The third-order valence-corrected chi connectivity index (χ3v) is 3.40. The second-order valence-electron chi connectivity index (χ2n) is 5.07. The van der Waals surface area contributed by atoms with Gasteiger partial charge in [-0.2, -0.15) is 0 Å². The second-order valence-corrected chi connectivity index (χ2v) is 5.07. The Morgan fingerprint density at radius 2 is 2.00 bits per heavy atom. The maximum Gasteiger partial charge on any atom is 0.253 e. The van der Waals surface area contributed by atoms with Crippen LogP contribution >= 0.6 is 0 Å². The number of rotatable bonds is 3. The molecule has 1 atom stereocenters. The van der Waals surface area contributed by atoms with Crippen LogP contribution in [0.25, 0.3) is 0 Å². The van der Waals surface area contributed by atoms with Crippen molar-refractivity contribution in [1.82, 2.24) is 10.2 Å². The quantitative estimate of drug-likeness (QED) is 0.769. The first-order valence-corrected chi connectivity index (χ1v) is 6.58. The lowest BCUT2D eigenvalue weighted by molar-refractivity contribution is 0.0774. The molecule has 0 saturated carbocycles. The number of amides is 1. The molecule has 0 spiro atoms. The molecule has 0 bridgehead atoms. The van der Waals surface area contributed by atoms with Gasteiger partial charge in [-0.15, -0.1) is 0 Å². The molecule has 5 nitrogen and oxygen atoms in total. The van der Waals surface area contributed by atoms with Crippen LogP contribution in [0, 0.1) is 0 Å². The van der Waals surface area contributed by atoms with E-state index in [9.17, 15) is 15.0 Å². The molecule has 19 heavy (non-hydrogen) atoms. The van der Waals surface area contributed by atoms with E-state index in [1.807, 2.05) is 0 Å². The van der Waals surface area contributed by atoms with Gasteiger partial charge in [0, 0.05) is 31.3 Å². The van der Waals surface area contributed by atoms with Crippen LogP contribution in [0.1, 0.15) is 29.6 Å². The molecule has 1 amide bonds. The average molecular weight is 264 g/mol. The van der Waals surface area contributed by atoms with Crippen molar-refractivity contribution in [3.8, 4) is 11.5 Å². The number of carbonyl (C=O) groups is 1. The van der Waals surface area contributed by atoms with Crippen LogP contribution < -0.4 is 5.32 Å². The number of hydrogen-bond acceptors (Lipinski definition) is 4. The van der Waals surface area contributed by atoms with E-state index in [0.29, 0.717) is 18.2 Å². The summed E-state index contributed by atoms with van der Waals surface area (Å²) >= 11 is 0. The highest BCUT2D eigenvalue weighted by Crippen LogP contribution is 2.21. The maximum absolute atomic E-state index is 12.2. The summed E-state index contributed by atoms with van der Waals surface area (Å²) in [7, 11) is 1.74. The zero-order valence-electron chi connectivity index (χ0n) is 11.1. The third kappa shape index (κ3) is 3.61. The number of hydrogen-bond donors (Lipinski definition) is 3. The first-order chi connectivity index (χ1) is 9.06. The van der Waals surface area contributed by atoms with Gasteiger partial charge in [0.05, 0.1) is 0 Å². The van der Waals surface area contributed by atoms with E-state index in [1.54, 1.807) is 11.9 Å². The van der Waals surface area contributed by atoms with E-state index in [4.69, 9.17) is 0 Å². The Balaban J connectivity index is 2.01. The molecule has 3 N–H and O–H groups in total. The first kappa shape index (κ1) is 13.7. The largest absolute Gasteiger partial charge is 0.508 e. The highest BCUT2D eigenvalue weighted by molar-refractivity contribution is 5.94. The molecule has 2 rings (SSSR count). The molecule has 0 aromatic heterocycles. The lowest BCUT2D eigenvalue weighted by atomic mass is 10.0. The molecule has 1 aliphatic heterocycles. The van der Waals surface area contributed by atoms with Gasteiger partial charge in [-0.25, -0.2) is 0 Å². The number of phenolic OH excluding ortho intramolecular Hbond substituents is 2. The van der Waals surface area contributed by atoms with E-state index in [2.05, 4.69) is 5.32 Å². The number of phenols is 2. The van der Waals surface area contributed by atoms with Crippen molar-refractivity contribution in [2.24, 2.45) is 0 Å². The molecule has 1 aliphatic rings. The number of nitrogens with one attached hydrogen (secondary N) is 1. The molecule has 104 valence electrons. The van der Waals surface area contributed by atoms with Gasteiger partial charge in [-0.05, 0) is 31.5 Å². The molecule has 0 radical (unpaired) electrons. The fourth-order valence-electron chi connectivity index (χ4n) is 2.43. The molecular weight excluding hydrogens is 244 g/mol. The summed E-state index contributed by atoms with van der Waals surface area (Å²) in [6.07, 6.45) is 3.45. The van der Waals surface area contributed by atoms with Crippen molar-refractivity contribution in [2.75, 3.05) is 20.1 Å². The van der Waals surface area contributed by atoms with Crippen LogP contribution in [0.2, 0.25) is 0 Å². The minimum absolute atomic E-state index is 0.104. The normalized spacial score (nSPS) is 19.1. The highest BCUT2D eigenvalue weighted by atomic mass is 16.3. The number of piperidine rings is 1. The Bertz CT molecular complexity index is 436. The van der Waals surface area contributed by atoms with Gasteiger partial charge >= 0.3 is 0 Å². The lowest BCUT2D eigenvalue weighted by Gasteiger charge is -2.28. The van der Waals surface area contributed by atoms with Crippen LogP contribution in [0.15, 0.2) is 18.2 Å². The minimum Gasteiger partial charge on any atom is -0.508 e. The van der Waals surface area contributed by atoms with Crippen LogP contribution in [0.5, 0.6) is 11.5 Å². The van der Waals surface area contributed by atoms with Crippen LogP contribution in [0.4, 0.5) is 0 Å². The Morgan fingerprint density at radius 3 is 2.58 bits per heavy atom. The Labute approximate surface area is 112 Å². The molecule has 1 fully saturated rings.